The zero-order chi connectivity index (χ0) is 34.8. The number of nitrogens with two attached hydrogens (primary N) is 1. The van der Waals surface area contributed by atoms with Crippen molar-refractivity contribution >= 4 is 17.4 Å². The van der Waals surface area contributed by atoms with Crippen molar-refractivity contribution in [2.24, 2.45) is 5.73 Å². The standard InChI is InChI=1S/C37H60N4O7S/c1-3-4-5-6-7-8-9-10-11-12-13-14-17-20-32-26-35(39-48-32)44-29-34(45-36-25-31(2)47-40-36)28-43-27-33(46-37(38)42)21-18-15-16-19-22-41-23-24-49-30-41/h23-26,30,33-34H,3-22,27-29H2,1-2H3,(H-,38,42)/p+1. The molecule has 49 heavy (non-hydrogen) atoms. The number of thiazole rings is 1. The highest BCUT2D eigenvalue weighted by atomic mass is 32.1. The summed E-state index contributed by atoms with van der Waals surface area (Å²) in [5.41, 5.74) is 7.45. The van der Waals surface area contributed by atoms with Crippen molar-refractivity contribution in [3.05, 3.63) is 40.7 Å². The summed E-state index contributed by atoms with van der Waals surface area (Å²) < 4.78 is 36.1. The third-order valence-corrected chi connectivity index (χ3v) is 9.16. The summed E-state index contributed by atoms with van der Waals surface area (Å²) in [6.07, 6.45) is 23.2. The third-order valence-electron chi connectivity index (χ3n) is 8.48. The molecule has 1 amide bonds. The lowest BCUT2D eigenvalue weighted by atomic mass is 10.0. The summed E-state index contributed by atoms with van der Waals surface area (Å²) in [4.78, 5) is 11.5. The van der Waals surface area contributed by atoms with Gasteiger partial charge in [-0.2, -0.15) is 4.57 Å². The number of carbonyl (C=O) groups excluding carboxylic acids is 1. The highest BCUT2D eigenvalue weighted by Gasteiger charge is 2.19. The van der Waals surface area contributed by atoms with Crippen LogP contribution in [0.25, 0.3) is 0 Å². The fraction of sp³-hybridized carbons (Fsp3) is 0.730. The highest BCUT2D eigenvalue weighted by molar-refractivity contribution is 7.07. The van der Waals surface area contributed by atoms with Crippen LogP contribution < -0.4 is 19.8 Å². The predicted octanol–water partition coefficient (Wildman–Crippen LogP) is 8.91. The van der Waals surface area contributed by atoms with E-state index in [0.29, 0.717) is 23.9 Å². The lowest BCUT2D eigenvalue weighted by Crippen LogP contribution is -2.33. The van der Waals surface area contributed by atoms with Gasteiger partial charge in [0.1, 0.15) is 30.8 Å². The molecule has 3 heterocycles. The minimum atomic E-state index is -0.808. The number of carbonyl (C=O) groups is 1. The zero-order valence-electron chi connectivity index (χ0n) is 30.0. The first kappa shape index (κ1) is 40.3. The molecule has 0 bridgehead atoms. The topological polar surface area (TPSA) is 136 Å². The van der Waals surface area contributed by atoms with Crippen LogP contribution in [0.3, 0.4) is 0 Å². The number of hydrogen-bond donors (Lipinski definition) is 1. The quantitative estimate of drug-likeness (QED) is 0.0514. The maximum absolute atomic E-state index is 11.5. The number of primary amides is 1. The molecule has 0 aliphatic carbocycles. The molecule has 2 N–H and O–H groups in total. The van der Waals surface area contributed by atoms with Gasteiger partial charge >= 0.3 is 6.09 Å². The maximum Gasteiger partial charge on any atom is 0.404 e. The van der Waals surface area contributed by atoms with Crippen molar-refractivity contribution in [2.45, 2.75) is 155 Å². The first-order valence-corrected chi connectivity index (χ1v) is 19.6. The third kappa shape index (κ3) is 19.6. The average molecular weight is 706 g/mol. The monoisotopic (exact) mass is 705 g/mol. The second-order valence-corrected chi connectivity index (χ2v) is 13.8. The van der Waals surface area contributed by atoms with Crippen LogP contribution in [0.1, 0.15) is 134 Å². The van der Waals surface area contributed by atoms with E-state index >= 15 is 0 Å². The molecule has 0 fully saturated rings. The molecule has 0 aliphatic rings. The minimum absolute atomic E-state index is 0.153. The summed E-state index contributed by atoms with van der Waals surface area (Å²) in [5.74, 6) is 2.19. The van der Waals surface area contributed by atoms with Gasteiger partial charge in [-0.05, 0) is 42.9 Å². The van der Waals surface area contributed by atoms with Gasteiger partial charge in [0.15, 0.2) is 12.3 Å². The van der Waals surface area contributed by atoms with Gasteiger partial charge in [0.25, 0.3) is 11.8 Å². The fourth-order valence-electron chi connectivity index (χ4n) is 5.74. The Hall–Kier alpha value is -3.12. The van der Waals surface area contributed by atoms with E-state index < -0.39 is 18.3 Å². The van der Waals surface area contributed by atoms with Crippen molar-refractivity contribution in [2.75, 3.05) is 19.8 Å². The van der Waals surface area contributed by atoms with Crippen molar-refractivity contribution in [1.29, 1.82) is 0 Å². The molecule has 0 radical (unpaired) electrons. The Morgan fingerprint density at radius 1 is 0.816 bits per heavy atom. The lowest BCUT2D eigenvalue weighted by molar-refractivity contribution is -0.692. The summed E-state index contributed by atoms with van der Waals surface area (Å²) >= 11 is 1.70. The highest BCUT2D eigenvalue weighted by Crippen LogP contribution is 2.18. The summed E-state index contributed by atoms with van der Waals surface area (Å²) in [6.45, 7) is 5.59. The van der Waals surface area contributed by atoms with Crippen molar-refractivity contribution in [1.82, 2.24) is 10.3 Å². The number of amides is 1. The van der Waals surface area contributed by atoms with Crippen molar-refractivity contribution in [3.63, 3.8) is 0 Å². The Labute approximate surface area is 297 Å². The molecular formula is C37H61N4O7S+. The number of aryl methyl sites for hydroxylation is 3. The molecule has 0 aromatic carbocycles. The SMILES string of the molecule is CCCCCCCCCCCCCCCc1cc(OCC(COCC(CCCCCC[n+]2ccsc2)OC(N)=O)Oc2cc(C)on2)no1. The molecule has 3 aromatic heterocycles. The Balaban J connectivity index is 1.31. The van der Waals surface area contributed by atoms with Crippen molar-refractivity contribution < 1.29 is 37.4 Å². The van der Waals surface area contributed by atoms with Gasteiger partial charge in [0, 0.05) is 25.0 Å². The van der Waals surface area contributed by atoms with Gasteiger partial charge < -0.3 is 33.7 Å². The van der Waals surface area contributed by atoms with Crippen LogP contribution in [0.4, 0.5) is 4.79 Å². The van der Waals surface area contributed by atoms with Gasteiger partial charge in [0.05, 0.1) is 18.6 Å². The molecule has 0 aliphatic heterocycles. The number of rotatable bonds is 31. The van der Waals surface area contributed by atoms with Gasteiger partial charge in [-0.3, -0.25) is 0 Å². The molecule has 2 atom stereocenters. The molecule has 3 aromatic rings. The number of ether oxygens (including phenoxy) is 4. The maximum atomic E-state index is 11.5. The molecule has 0 saturated carbocycles. The number of unbranched alkanes of at least 4 members (excludes halogenated alkanes) is 15. The molecular weight excluding hydrogens is 644 g/mol. The average Bonchev–Trinajstić information content (AvgIpc) is 3.86. The van der Waals surface area contributed by atoms with E-state index in [0.717, 1.165) is 50.8 Å². The zero-order valence-corrected chi connectivity index (χ0v) is 30.8. The summed E-state index contributed by atoms with van der Waals surface area (Å²) in [7, 11) is 0. The number of aromatic nitrogens is 3. The Morgan fingerprint density at radius 3 is 2.12 bits per heavy atom. The van der Waals surface area contributed by atoms with E-state index in [4.69, 9.17) is 33.7 Å². The molecule has 0 saturated heterocycles. The Bertz CT molecular complexity index is 1220. The number of hydrogen-bond acceptors (Lipinski definition) is 10. The minimum Gasteiger partial charge on any atom is -0.471 e. The largest absolute Gasteiger partial charge is 0.471 e. The van der Waals surface area contributed by atoms with Gasteiger partial charge in [-0.1, -0.05) is 102 Å². The predicted molar refractivity (Wildman–Crippen MR) is 190 cm³/mol. The Morgan fingerprint density at radius 2 is 1.47 bits per heavy atom. The summed E-state index contributed by atoms with van der Waals surface area (Å²) in [6, 6.07) is 3.54. The summed E-state index contributed by atoms with van der Waals surface area (Å²) in [5, 5.41) is 10.1. The van der Waals surface area contributed by atoms with Crippen LogP contribution in [0.15, 0.2) is 38.3 Å². The van der Waals surface area contributed by atoms with Crippen LogP contribution in [-0.2, 0) is 22.4 Å². The lowest BCUT2D eigenvalue weighted by Gasteiger charge is -2.20. The van der Waals surface area contributed by atoms with E-state index in [-0.39, 0.29) is 19.8 Å². The van der Waals surface area contributed by atoms with Crippen molar-refractivity contribution in [3.8, 4) is 11.8 Å². The molecule has 0 spiro atoms. The smallest absolute Gasteiger partial charge is 0.404 e. The van der Waals surface area contributed by atoms with Crippen LogP contribution >= 0.6 is 11.3 Å². The Kier molecular flexibility index (Phi) is 21.2. The van der Waals surface area contributed by atoms with Crippen LogP contribution in [0, 0.1) is 6.92 Å². The normalized spacial score (nSPS) is 12.6. The first-order valence-electron chi connectivity index (χ1n) is 18.6. The molecule has 12 heteroatoms. The van der Waals surface area contributed by atoms with Gasteiger partial charge in [0.2, 0.25) is 5.51 Å². The van der Waals surface area contributed by atoms with Crippen LogP contribution in [0.2, 0.25) is 0 Å². The van der Waals surface area contributed by atoms with Crippen LogP contribution in [0.5, 0.6) is 11.8 Å². The fourth-order valence-corrected chi connectivity index (χ4v) is 6.37. The second kappa shape index (κ2) is 25.8. The van der Waals surface area contributed by atoms with Crippen LogP contribution in [-0.4, -0.2) is 48.4 Å². The molecule has 276 valence electrons. The first-order chi connectivity index (χ1) is 24.0. The van der Waals surface area contributed by atoms with E-state index in [2.05, 4.69) is 38.9 Å². The van der Waals surface area contributed by atoms with Gasteiger partial charge in [-0.25, -0.2) is 4.79 Å². The molecule has 3 rings (SSSR count). The van der Waals surface area contributed by atoms with Gasteiger partial charge in [-0.15, -0.1) is 0 Å². The number of nitrogens with zero attached hydrogens (tertiary/aromatic N) is 3. The molecule has 11 nitrogen and oxygen atoms in total. The molecule has 2 unspecified atom stereocenters. The van der Waals surface area contributed by atoms with E-state index in [1.807, 2.05) is 6.07 Å². The van der Waals surface area contributed by atoms with E-state index in [9.17, 15) is 4.79 Å². The van der Waals surface area contributed by atoms with E-state index in [1.165, 1.54) is 77.0 Å². The second-order valence-electron chi connectivity index (χ2n) is 13.0. The van der Waals surface area contributed by atoms with E-state index in [1.54, 1.807) is 24.3 Å².